The molecule has 2 rings (SSSR count). The van der Waals surface area contributed by atoms with E-state index in [2.05, 4.69) is 10.6 Å². The maximum atomic E-state index is 12.6. The van der Waals surface area contributed by atoms with E-state index in [0.717, 1.165) is 5.56 Å². The van der Waals surface area contributed by atoms with Gasteiger partial charge in [-0.05, 0) is 52.2 Å². The highest BCUT2D eigenvalue weighted by Crippen LogP contribution is 2.47. The van der Waals surface area contributed by atoms with Gasteiger partial charge in [0.15, 0.2) is 0 Å². The van der Waals surface area contributed by atoms with Crippen LogP contribution in [0.15, 0.2) is 12.1 Å². The summed E-state index contributed by atoms with van der Waals surface area (Å²) < 4.78 is 5.26. The SMILES string of the molecule is COc1cc(Cl)c(C)cc1NC(=O)C1(C(=O)NC(C)(C)C)CC1. The lowest BCUT2D eigenvalue weighted by Gasteiger charge is -2.24. The van der Waals surface area contributed by atoms with Gasteiger partial charge in [-0.1, -0.05) is 11.6 Å². The summed E-state index contributed by atoms with van der Waals surface area (Å²) in [5.41, 5.74) is -0.00569. The number of carbonyl (C=O) groups excluding carboxylic acids is 2. The Morgan fingerprint density at radius 1 is 1.22 bits per heavy atom. The lowest BCUT2D eigenvalue weighted by Crippen LogP contribution is -2.48. The molecule has 0 aromatic heterocycles. The van der Waals surface area contributed by atoms with E-state index in [9.17, 15) is 9.59 Å². The number of carbonyl (C=O) groups is 2. The zero-order chi connectivity index (χ0) is 17.4. The second-order valence-corrected chi connectivity index (χ2v) is 7.45. The van der Waals surface area contributed by atoms with Crippen LogP contribution in [0.25, 0.3) is 0 Å². The molecule has 0 spiro atoms. The summed E-state index contributed by atoms with van der Waals surface area (Å²) in [6.45, 7) is 7.52. The molecule has 1 aliphatic rings. The summed E-state index contributed by atoms with van der Waals surface area (Å²) in [6, 6.07) is 3.40. The molecule has 0 bridgehead atoms. The smallest absolute Gasteiger partial charge is 0.240 e. The van der Waals surface area contributed by atoms with Gasteiger partial charge in [-0.3, -0.25) is 9.59 Å². The van der Waals surface area contributed by atoms with Crippen molar-refractivity contribution in [3.63, 3.8) is 0 Å². The Morgan fingerprint density at radius 2 is 1.83 bits per heavy atom. The molecule has 1 saturated carbocycles. The van der Waals surface area contributed by atoms with Crippen molar-refractivity contribution in [2.24, 2.45) is 5.41 Å². The van der Waals surface area contributed by atoms with E-state index >= 15 is 0 Å². The largest absolute Gasteiger partial charge is 0.495 e. The number of hydrogen-bond acceptors (Lipinski definition) is 3. The highest BCUT2D eigenvalue weighted by Gasteiger charge is 2.57. The molecule has 2 N–H and O–H groups in total. The Labute approximate surface area is 141 Å². The van der Waals surface area contributed by atoms with E-state index in [4.69, 9.17) is 16.3 Å². The van der Waals surface area contributed by atoms with E-state index in [1.54, 1.807) is 12.1 Å². The fourth-order valence-corrected chi connectivity index (χ4v) is 2.47. The van der Waals surface area contributed by atoms with Gasteiger partial charge in [0.05, 0.1) is 12.8 Å². The van der Waals surface area contributed by atoms with Gasteiger partial charge < -0.3 is 15.4 Å². The molecule has 1 aliphatic carbocycles. The molecule has 0 atom stereocenters. The maximum Gasteiger partial charge on any atom is 0.240 e. The van der Waals surface area contributed by atoms with Crippen molar-refractivity contribution in [3.8, 4) is 5.75 Å². The fraction of sp³-hybridized carbons (Fsp3) is 0.529. The van der Waals surface area contributed by atoms with Crippen molar-refractivity contribution in [3.05, 3.63) is 22.7 Å². The molecule has 1 fully saturated rings. The zero-order valence-electron chi connectivity index (χ0n) is 14.2. The number of hydrogen-bond donors (Lipinski definition) is 2. The summed E-state index contributed by atoms with van der Waals surface area (Å²) >= 11 is 6.07. The minimum atomic E-state index is -0.980. The molecule has 126 valence electrons. The van der Waals surface area contributed by atoms with Crippen molar-refractivity contribution >= 4 is 29.1 Å². The van der Waals surface area contributed by atoms with Crippen molar-refractivity contribution < 1.29 is 14.3 Å². The highest BCUT2D eigenvalue weighted by molar-refractivity contribution is 6.31. The van der Waals surface area contributed by atoms with Crippen LogP contribution in [0.4, 0.5) is 5.69 Å². The van der Waals surface area contributed by atoms with Gasteiger partial charge in [-0.25, -0.2) is 0 Å². The lowest BCUT2D eigenvalue weighted by atomic mass is 10.0. The first-order valence-corrected chi connectivity index (χ1v) is 7.95. The first-order valence-electron chi connectivity index (χ1n) is 7.57. The van der Waals surface area contributed by atoms with Gasteiger partial charge in [-0.15, -0.1) is 0 Å². The second-order valence-electron chi connectivity index (χ2n) is 7.04. The molecule has 0 saturated heterocycles. The number of benzene rings is 1. The second kappa shape index (κ2) is 6.04. The van der Waals surface area contributed by atoms with Crippen molar-refractivity contribution in [2.75, 3.05) is 12.4 Å². The first kappa shape index (κ1) is 17.6. The molecular weight excluding hydrogens is 316 g/mol. The van der Waals surface area contributed by atoms with E-state index in [1.165, 1.54) is 7.11 Å². The van der Waals surface area contributed by atoms with E-state index in [-0.39, 0.29) is 17.4 Å². The number of anilines is 1. The fourth-order valence-electron chi connectivity index (χ4n) is 2.31. The van der Waals surface area contributed by atoms with Crippen LogP contribution in [0.2, 0.25) is 5.02 Å². The summed E-state index contributed by atoms with van der Waals surface area (Å²) in [4.78, 5) is 25.1. The minimum absolute atomic E-state index is 0.229. The molecule has 0 radical (unpaired) electrons. The number of ether oxygens (including phenoxy) is 1. The van der Waals surface area contributed by atoms with Gasteiger partial charge in [-0.2, -0.15) is 0 Å². The van der Waals surface area contributed by atoms with Gasteiger partial charge in [0, 0.05) is 16.6 Å². The topological polar surface area (TPSA) is 67.4 Å². The number of nitrogens with one attached hydrogen (secondary N) is 2. The molecule has 2 amide bonds. The van der Waals surface area contributed by atoms with Crippen LogP contribution in [0, 0.1) is 12.3 Å². The van der Waals surface area contributed by atoms with Crippen LogP contribution in [-0.4, -0.2) is 24.5 Å². The molecule has 0 heterocycles. The highest BCUT2D eigenvalue weighted by atomic mass is 35.5. The lowest BCUT2D eigenvalue weighted by molar-refractivity contribution is -0.135. The molecular formula is C17H23ClN2O3. The standard InChI is InChI=1S/C17H23ClN2O3/c1-10-8-12(13(23-5)9-11(10)18)19-14(21)17(6-7-17)15(22)20-16(2,3)4/h8-9H,6-7H2,1-5H3,(H,19,21)(H,20,22). The van der Waals surface area contributed by atoms with Crippen LogP contribution >= 0.6 is 11.6 Å². The molecule has 6 heteroatoms. The van der Waals surface area contributed by atoms with E-state index in [1.807, 2.05) is 27.7 Å². The monoisotopic (exact) mass is 338 g/mol. The minimum Gasteiger partial charge on any atom is -0.495 e. The zero-order valence-corrected chi connectivity index (χ0v) is 14.9. The van der Waals surface area contributed by atoms with Crippen molar-refractivity contribution in [1.82, 2.24) is 5.32 Å². The quantitative estimate of drug-likeness (QED) is 0.828. The Hall–Kier alpha value is -1.75. The Morgan fingerprint density at radius 3 is 2.30 bits per heavy atom. The van der Waals surface area contributed by atoms with Crippen molar-refractivity contribution in [2.45, 2.75) is 46.1 Å². The normalized spacial score (nSPS) is 15.7. The number of aryl methyl sites for hydroxylation is 1. The van der Waals surface area contributed by atoms with E-state index < -0.39 is 5.41 Å². The van der Waals surface area contributed by atoms with Crippen LogP contribution in [0.1, 0.15) is 39.2 Å². The molecule has 0 aliphatic heterocycles. The van der Waals surface area contributed by atoms with Crippen LogP contribution in [0.3, 0.4) is 0 Å². The number of rotatable bonds is 4. The maximum absolute atomic E-state index is 12.6. The molecule has 1 aromatic carbocycles. The third-order valence-electron chi connectivity index (χ3n) is 3.84. The molecule has 0 unspecified atom stereocenters. The first-order chi connectivity index (χ1) is 10.6. The molecule has 5 nitrogen and oxygen atoms in total. The van der Waals surface area contributed by atoms with Gasteiger partial charge in [0.1, 0.15) is 11.2 Å². The third kappa shape index (κ3) is 3.78. The number of amides is 2. The number of methoxy groups -OCH3 is 1. The summed E-state index contributed by atoms with van der Waals surface area (Å²) in [6.07, 6.45) is 1.10. The van der Waals surface area contributed by atoms with Crippen molar-refractivity contribution in [1.29, 1.82) is 0 Å². The predicted octanol–water partition coefficient (Wildman–Crippen LogP) is 3.29. The van der Waals surface area contributed by atoms with Gasteiger partial charge >= 0.3 is 0 Å². The van der Waals surface area contributed by atoms with Crippen LogP contribution in [-0.2, 0) is 9.59 Å². The summed E-state index contributed by atoms with van der Waals surface area (Å²) in [5, 5.41) is 6.26. The van der Waals surface area contributed by atoms with Crippen LogP contribution in [0.5, 0.6) is 5.75 Å². The summed E-state index contributed by atoms with van der Waals surface area (Å²) in [7, 11) is 1.51. The van der Waals surface area contributed by atoms with E-state index in [0.29, 0.717) is 29.3 Å². The van der Waals surface area contributed by atoms with Crippen LogP contribution < -0.4 is 15.4 Å². The molecule has 1 aromatic rings. The molecule has 23 heavy (non-hydrogen) atoms. The Bertz CT molecular complexity index is 646. The Kier molecular flexibility index (Phi) is 4.62. The average Bonchev–Trinajstić information content (AvgIpc) is 3.22. The van der Waals surface area contributed by atoms with Gasteiger partial charge in [0.2, 0.25) is 11.8 Å². The number of halogens is 1. The Balaban J connectivity index is 2.19. The van der Waals surface area contributed by atoms with Gasteiger partial charge in [0.25, 0.3) is 0 Å². The predicted molar refractivity (Wildman–Crippen MR) is 90.9 cm³/mol. The average molecular weight is 339 g/mol. The third-order valence-corrected chi connectivity index (χ3v) is 4.24. The summed E-state index contributed by atoms with van der Waals surface area (Å²) in [5.74, 6) is -0.0626.